The van der Waals surface area contributed by atoms with Crippen LogP contribution in [0.2, 0.25) is 5.02 Å². The second-order valence-corrected chi connectivity index (χ2v) is 13.2. The van der Waals surface area contributed by atoms with Gasteiger partial charge in [0.25, 0.3) is 0 Å². The lowest BCUT2D eigenvalue weighted by Gasteiger charge is -2.35. The molecule has 1 atom stereocenters. The Hall–Kier alpha value is -3.36. The SMILES string of the molecule is CCc1ccccc1N(CC(=O)N(Cc1ccc(Cl)cc1)C(Cc1ccccc1)C(=O)NC(C)(C)C)S(C)(=O)=O. The monoisotopic (exact) mass is 583 g/mol. The molecule has 1 N–H and O–H groups in total. The van der Waals surface area contributed by atoms with Crippen molar-refractivity contribution < 1.29 is 18.0 Å². The summed E-state index contributed by atoms with van der Waals surface area (Å²) in [5.74, 6) is -0.810. The van der Waals surface area contributed by atoms with E-state index >= 15 is 0 Å². The van der Waals surface area contributed by atoms with E-state index in [1.165, 1.54) is 4.90 Å². The highest BCUT2D eigenvalue weighted by Crippen LogP contribution is 2.25. The average molecular weight is 584 g/mol. The standard InChI is InChI=1S/C31H38ClN3O4S/c1-6-25-14-10-11-15-27(25)35(40(5,38)39)22-29(36)34(21-24-16-18-26(32)19-17-24)28(30(37)33-31(2,3)4)20-23-12-8-7-9-13-23/h7-19,28H,6,20-22H2,1-5H3,(H,33,37). The number of carbonyl (C=O) groups excluding carboxylic acids is 2. The van der Waals surface area contributed by atoms with Gasteiger partial charge in [0.1, 0.15) is 12.6 Å². The van der Waals surface area contributed by atoms with Gasteiger partial charge in [-0.3, -0.25) is 13.9 Å². The first-order valence-corrected chi connectivity index (χ1v) is 15.5. The molecule has 9 heteroatoms. The van der Waals surface area contributed by atoms with Crippen molar-refractivity contribution in [1.82, 2.24) is 10.2 Å². The number of sulfonamides is 1. The summed E-state index contributed by atoms with van der Waals surface area (Å²) in [6.07, 6.45) is 1.94. The van der Waals surface area contributed by atoms with E-state index in [1.54, 1.807) is 36.4 Å². The third-order valence-corrected chi connectivity index (χ3v) is 7.73. The Morgan fingerprint density at radius 2 is 1.50 bits per heavy atom. The molecule has 0 aromatic heterocycles. The molecular weight excluding hydrogens is 546 g/mol. The lowest BCUT2D eigenvalue weighted by molar-refractivity contribution is -0.140. The van der Waals surface area contributed by atoms with Crippen LogP contribution in [-0.4, -0.2) is 49.5 Å². The van der Waals surface area contributed by atoms with Crippen LogP contribution in [0.4, 0.5) is 5.69 Å². The van der Waals surface area contributed by atoms with Crippen LogP contribution in [0.3, 0.4) is 0 Å². The molecule has 0 saturated carbocycles. The van der Waals surface area contributed by atoms with Crippen molar-refractivity contribution in [1.29, 1.82) is 0 Å². The zero-order valence-electron chi connectivity index (χ0n) is 23.7. The van der Waals surface area contributed by atoms with Gasteiger partial charge in [0.05, 0.1) is 11.9 Å². The molecule has 0 heterocycles. The summed E-state index contributed by atoms with van der Waals surface area (Å²) in [4.78, 5) is 29.4. The summed E-state index contributed by atoms with van der Waals surface area (Å²) in [6, 6.07) is 22.7. The maximum absolute atomic E-state index is 14.2. The molecule has 0 aliphatic carbocycles. The quantitative estimate of drug-likeness (QED) is 0.335. The van der Waals surface area contributed by atoms with Gasteiger partial charge in [0.2, 0.25) is 21.8 Å². The Morgan fingerprint density at radius 1 is 0.900 bits per heavy atom. The Bertz CT molecular complexity index is 1400. The van der Waals surface area contributed by atoms with E-state index in [2.05, 4.69) is 5.32 Å². The van der Waals surface area contributed by atoms with Crippen LogP contribution in [0.15, 0.2) is 78.9 Å². The number of carbonyl (C=O) groups is 2. The van der Waals surface area contributed by atoms with E-state index in [-0.39, 0.29) is 18.9 Å². The number of hydrogen-bond donors (Lipinski definition) is 1. The maximum Gasteiger partial charge on any atom is 0.244 e. The van der Waals surface area contributed by atoms with Crippen LogP contribution in [0, 0.1) is 0 Å². The molecule has 3 rings (SSSR count). The van der Waals surface area contributed by atoms with E-state index < -0.39 is 34.1 Å². The van der Waals surface area contributed by atoms with E-state index in [9.17, 15) is 18.0 Å². The smallest absolute Gasteiger partial charge is 0.244 e. The van der Waals surface area contributed by atoms with Crippen molar-refractivity contribution >= 4 is 39.1 Å². The van der Waals surface area contributed by atoms with Gasteiger partial charge in [-0.15, -0.1) is 0 Å². The van der Waals surface area contributed by atoms with Gasteiger partial charge >= 0.3 is 0 Å². The minimum Gasteiger partial charge on any atom is -0.350 e. The van der Waals surface area contributed by atoms with E-state index in [0.717, 1.165) is 27.3 Å². The van der Waals surface area contributed by atoms with E-state index in [0.29, 0.717) is 17.1 Å². The van der Waals surface area contributed by atoms with E-state index in [1.807, 2.05) is 70.2 Å². The number of nitrogens with one attached hydrogen (secondary N) is 1. The molecule has 2 amide bonds. The molecule has 0 aliphatic heterocycles. The molecule has 0 bridgehead atoms. The number of benzene rings is 3. The molecule has 40 heavy (non-hydrogen) atoms. The summed E-state index contributed by atoms with van der Waals surface area (Å²) >= 11 is 6.10. The largest absolute Gasteiger partial charge is 0.350 e. The fraction of sp³-hybridized carbons (Fsp3) is 0.355. The third kappa shape index (κ3) is 8.83. The molecule has 3 aromatic carbocycles. The number of hydrogen-bond acceptors (Lipinski definition) is 4. The maximum atomic E-state index is 14.2. The lowest BCUT2D eigenvalue weighted by atomic mass is 10.0. The van der Waals surface area contributed by atoms with Crippen LogP contribution in [0.5, 0.6) is 0 Å². The second kappa shape index (κ2) is 13.3. The van der Waals surface area contributed by atoms with Crippen molar-refractivity contribution in [3.63, 3.8) is 0 Å². The number of anilines is 1. The van der Waals surface area contributed by atoms with Gasteiger partial charge in [-0.25, -0.2) is 8.42 Å². The first-order valence-electron chi connectivity index (χ1n) is 13.2. The highest BCUT2D eigenvalue weighted by molar-refractivity contribution is 7.92. The molecule has 214 valence electrons. The number of amides is 2. The predicted molar refractivity (Wildman–Crippen MR) is 162 cm³/mol. The fourth-order valence-electron chi connectivity index (χ4n) is 4.44. The van der Waals surface area contributed by atoms with Crippen molar-refractivity contribution in [2.75, 3.05) is 17.1 Å². The Balaban J connectivity index is 2.09. The summed E-state index contributed by atoms with van der Waals surface area (Å²) in [5.41, 5.74) is 2.35. The van der Waals surface area contributed by atoms with Crippen LogP contribution in [0.1, 0.15) is 44.4 Å². The van der Waals surface area contributed by atoms with Crippen molar-refractivity contribution in [2.45, 2.75) is 58.7 Å². The molecule has 0 spiro atoms. The lowest BCUT2D eigenvalue weighted by Crippen LogP contribution is -2.56. The van der Waals surface area contributed by atoms with E-state index in [4.69, 9.17) is 11.6 Å². The normalized spacial score (nSPS) is 12.4. The molecule has 0 fully saturated rings. The van der Waals surface area contributed by atoms with Crippen LogP contribution >= 0.6 is 11.6 Å². The summed E-state index contributed by atoms with van der Waals surface area (Å²) in [5, 5.41) is 3.57. The Labute approximate surface area is 243 Å². The summed E-state index contributed by atoms with van der Waals surface area (Å²) in [6.45, 7) is 7.21. The van der Waals surface area contributed by atoms with Crippen LogP contribution in [0.25, 0.3) is 0 Å². The topological polar surface area (TPSA) is 86.8 Å². The van der Waals surface area contributed by atoms with Crippen LogP contribution < -0.4 is 9.62 Å². The number of aryl methyl sites for hydroxylation is 1. The Kier molecular flexibility index (Phi) is 10.4. The summed E-state index contributed by atoms with van der Waals surface area (Å²) < 4.78 is 27.1. The Morgan fingerprint density at radius 3 is 2.08 bits per heavy atom. The van der Waals surface area contributed by atoms with Gasteiger partial charge < -0.3 is 10.2 Å². The van der Waals surface area contributed by atoms with Gasteiger partial charge in [0.15, 0.2) is 0 Å². The van der Waals surface area contributed by atoms with Gasteiger partial charge in [-0.1, -0.05) is 79.2 Å². The molecule has 7 nitrogen and oxygen atoms in total. The first-order chi connectivity index (χ1) is 18.8. The molecule has 1 unspecified atom stereocenters. The average Bonchev–Trinajstić information content (AvgIpc) is 2.89. The number of nitrogens with zero attached hydrogens (tertiary/aromatic N) is 2. The molecule has 0 aliphatic rings. The minimum atomic E-state index is -3.82. The first kappa shape index (κ1) is 31.2. The zero-order valence-corrected chi connectivity index (χ0v) is 25.3. The molecule has 3 aromatic rings. The van der Waals surface area contributed by atoms with Gasteiger partial charge in [-0.05, 0) is 62.1 Å². The highest BCUT2D eigenvalue weighted by Gasteiger charge is 2.34. The second-order valence-electron chi connectivity index (χ2n) is 10.8. The highest BCUT2D eigenvalue weighted by atomic mass is 35.5. The third-order valence-electron chi connectivity index (χ3n) is 6.36. The fourth-order valence-corrected chi connectivity index (χ4v) is 5.45. The van der Waals surface area contributed by atoms with Crippen molar-refractivity contribution in [3.05, 3.63) is 101 Å². The molecule has 0 radical (unpaired) electrons. The molecule has 0 saturated heterocycles. The number of para-hydroxylation sites is 1. The number of rotatable bonds is 11. The summed E-state index contributed by atoms with van der Waals surface area (Å²) in [7, 11) is -3.82. The van der Waals surface area contributed by atoms with Crippen molar-refractivity contribution in [3.8, 4) is 0 Å². The van der Waals surface area contributed by atoms with Crippen molar-refractivity contribution in [2.24, 2.45) is 0 Å². The van der Waals surface area contributed by atoms with Crippen LogP contribution in [-0.2, 0) is 39.0 Å². The zero-order chi connectivity index (χ0) is 29.5. The number of halogens is 1. The predicted octanol–water partition coefficient (Wildman–Crippen LogP) is 5.22. The molecular formula is C31H38ClN3O4S. The minimum absolute atomic E-state index is 0.0953. The van der Waals surface area contributed by atoms with Gasteiger partial charge in [-0.2, -0.15) is 0 Å². The van der Waals surface area contributed by atoms with Gasteiger partial charge in [0, 0.05) is 23.5 Å².